The van der Waals surface area contributed by atoms with Crippen molar-refractivity contribution >= 4 is 0 Å². The fourth-order valence-corrected chi connectivity index (χ4v) is 1.52. The predicted molar refractivity (Wildman–Crippen MR) is 59.1 cm³/mol. The molecule has 1 rings (SSSR count). The molecule has 1 aromatic carbocycles. The van der Waals surface area contributed by atoms with E-state index in [4.69, 9.17) is 5.26 Å². The van der Waals surface area contributed by atoms with Crippen molar-refractivity contribution in [1.29, 1.82) is 5.26 Å². The van der Waals surface area contributed by atoms with Crippen molar-refractivity contribution < 1.29 is 0 Å². The van der Waals surface area contributed by atoms with E-state index in [1.54, 1.807) is 0 Å². The van der Waals surface area contributed by atoms with E-state index in [9.17, 15) is 0 Å². The summed E-state index contributed by atoms with van der Waals surface area (Å²) in [5, 5.41) is 8.88. The normalized spacial score (nSPS) is 9.43. The molecule has 0 unspecified atom stereocenters. The van der Waals surface area contributed by atoms with Gasteiger partial charge in [0.2, 0.25) is 0 Å². The summed E-state index contributed by atoms with van der Waals surface area (Å²) in [6.07, 6.45) is 4.83. The van der Waals surface area contributed by atoms with Crippen LogP contribution in [0.15, 0.2) is 30.9 Å². The van der Waals surface area contributed by atoms with Gasteiger partial charge in [0.05, 0.1) is 11.6 Å². The third-order valence-corrected chi connectivity index (χ3v) is 2.19. The second-order valence-electron chi connectivity index (χ2n) is 3.35. The van der Waals surface area contributed by atoms with Crippen molar-refractivity contribution in [3.05, 3.63) is 47.5 Å². The van der Waals surface area contributed by atoms with Crippen molar-refractivity contribution in [2.75, 3.05) is 0 Å². The largest absolute Gasteiger partial charge is 0.192 e. The van der Waals surface area contributed by atoms with Crippen LogP contribution in [-0.4, -0.2) is 0 Å². The van der Waals surface area contributed by atoms with E-state index < -0.39 is 0 Å². The number of nitrogens with zero attached hydrogens (tertiary/aromatic N) is 1. The van der Waals surface area contributed by atoms with Crippen LogP contribution in [0.2, 0.25) is 0 Å². The second kappa shape index (κ2) is 5.24. The average Bonchev–Trinajstić information content (AvgIpc) is 2.19. The van der Waals surface area contributed by atoms with E-state index >= 15 is 0 Å². The highest BCUT2D eigenvalue weighted by atomic mass is 14.2. The second-order valence-corrected chi connectivity index (χ2v) is 3.35. The van der Waals surface area contributed by atoms with Crippen LogP contribution in [-0.2, 0) is 12.8 Å². The monoisotopic (exact) mass is 185 g/mol. The first-order valence-electron chi connectivity index (χ1n) is 4.94. The molecule has 0 aliphatic heterocycles. The van der Waals surface area contributed by atoms with E-state index in [-0.39, 0.29) is 0 Å². The van der Waals surface area contributed by atoms with Gasteiger partial charge in [0.1, 0.15) is 0 Å². The number of hydrogen-bond donors (Lipinski definition) is 0. The molecule has 0 aliphatic rings. The number of rotatable bonds is 4. The molecule has 0 spiro atoms. The lowest BCUT2D eigenvalue weighted by atomic mass is 10.00. The van der Waals surface area contributed by atoms with Crippen LogP contribution in [0.3, 0.4) is 0 Å². The standard InChI is InChI=1S/C13H15N/c1-3-5-11-7-8-13(10-14)12(9-11)6-4-2/h4,7-9H,2-3,5-6H2,1H3. The highest BCUT2D eigenvalue weighted by molar-refractivity contribution is 5.41. The number of hydrogen-bond acceptors (Lipinski definition) is 1. The molecule has 14 heavy (non-hydrogen) atoms. The molecule has 0 radical (unpaired) electrons. The Morgan fingerprint density at radius 2 is 2.29 bits per heavy atom. The summed E-state index contributed by atoms with van der Waals surface area (Å²) in [6, 6.07) is 8.26. The third kappa shape index (κ3) is 2.47. The van der Waals surface area contributed by atoms with Gasteiger partial charge < -0.3 is 0 Å². The van der Waals surface area contributed by atoms with E-state index in [0.717, 1.165) is 30.4 Å². The van der Waals surface area contributed by atoms with E-state index in [1.807, 2.05) is 18.2 Å². The van der Waals surface area contributed by atoms with Gasteiger partial charge in [-0.15, -0.1) is 6.58 Å². The average molecular weight is 185 g/mol. The molecule has 1 aromatic rings. The van der Waals surface area contributed by atoms with E-state index in [2.05, 4.69) is 25.6 Å². The molecule has 0 saturated heterocycles. The van der Waals surface area contributed by atoms with Crippen LogP contribution in [0, 0.1) is 11.3 Å². The van der Waals surface area contributed by atoms with Crippen LogP contribution in [0.4, 0.5) is 0 Å². The summed E-state index contributed by atoms with van der Waals surface area (Å²) in [5.41, 5.74) is 3.17. The zero-order valence-electron chi connectivity index (χ0n) is 8.59. The van der Waals surface area contributed by atoms with Gasteiger partial charge in [-0.25, -0.2) is 0 Å². The maximum absolute atomic E-state index is 8.88. The topological polar surface area (TPSA) is 23.8 Å². The lowest BCUT2D eigenvalue weighted by molar-refractivity contribution is 0.918. The molecule has 0 saturated carbocycles. The Hall–Kier alpha value is -1.55. The van der Waals surface area contributed by atoms with Gasteiger partial charge in [0.25, 0.3) is 0 Å². The Morgan fingerprint density at radius 3 is 2.86 bits per heavy atom. The predicted octanol–water partition coefficient (Wildman–Crippen LogP) is 3.24. The van der Waals surface area contributed by atoms with Crippen LogP contribution >= 0.6 is 0 Å². The molecule has 0 amide bonds. The minimum absolute atomic E-state index is 0.768. The summed E-state index contributed by atoms with van der Waals surface area (Å²) >= 11 is 0. The SMILES string of the molecule is C=CCc1cc(CCC)ccc1C#N. The molecular formula is C13H15N. The van der Waals surface area contributed by atoms with Gasteiger partial charge in [-0.05, 0) is 30.0 Å². The van der Waals surface area contributed by atoms with Crippen LogP contribution in [0.25, 0.3) is 0 Å². The molecule has 72 valence electrons. The smallest absolute Gasteiger partial charge is 0.0994 e. The van der Waals surface area contributed by atoms with E-state index in [1.165, 1.54) is 5.56 Å². The molecule has 0 atom stereocenters. The summed E-state index contributed by atoms with van der Waals surface area (Å²) < 4.78 is 0. The first-order chi connectivity index (χ1) is 6.81. The fraction of sp³-hybridized carbons (Fsp3) is 0.308. The Labute approximate surface area is 85.7 Å². The Morgan fingerprint density at radius 1 is 1.50 bits per heavy atom. The van der Waals surface area contributed by atoms with Crippen LogP contribution < -0.4 is 0 Å². The summed E-state index contributed by atoms with van der Waals surface area (Å²) in [7, 11) is 0. The summed E-state index contributed by atoms with van der Waals surface area (Å²) in [6.45, 7) is 5.86. The summed E-state index contributed by atoms with van der Waals surface area (Å²) in [5.74, 6) is 0. The number of benzene rings is 1. The maximum atomic E-state index is 8.88. The van der Waals surface area contributed by atoms with Crippen molar-refractivity contribution in [2.45, 2.75) is 26.2 Å². The van der Waals surface area contributed by atoms with Crippen molar-refractivity contribution in [2.24, 2.45) is 0 Å². The number of aryl methyl sites for hydroxylation is 1. The van der Waals surface area contributed by atoms with Gasteiger partial charge >= 0.3 is 0 Å². The lowest BCUT2D eigenvalue weighted by Gasteiger charge is -2.04. The first kappa shape index (κ1) is 10.5. The lowest BCUT2D eigenvalue weighted by Crippen LogP contribution is -1.91. The zero-order valence-corrected chi connectivity index (χ0v) is 8.59. The highest BCUT2D eigenvalue weighted by Crippen LogP contribution is 2.13. The number of allylic oxidation sites excluding steroid dienone is 1. The van der Waals surface area contributed by atoms with Crippen LogP contribution in [0.1, 0.15) is 30.0 Å². The number of nitriles is 1. The molecule has 0 heterocycles. The minimum Gasteiger partial charge on any atom is -0.192 e. The molecule has 1 nitrogen and oxygen atoms in total. The Kier molecular flexibility index (Phi) is 3.94. The van der Waals surface area contributed by atoms with Crippen molar-refractivity contribution in [3.8, 4) is 6.07 Å². The molecular weight excluding hydrogens is 170 g/mol. The van der Waals surface area contributed by atoms with Gasteiger partial charge in [0, 0.05) is 0 Å². The van der Waals surface area contributed by atoms with Gasteiger partial charge in [-0.2, -0.15) is 5.26 Å². The van der Waals surface area contributed by atoms with Gasteiger partial charge in [-0.1, -0.05) is 31.6 Å². The first-order valence-corrected chi connectivity index (χ1v) is 4.94. The molecule has 0 aliphatic carbocycles. The van der Waals surface area contributed by atoms with Crippen molar-refractivity contribution in [3.63, 3.8) is 0 Å². The summed E-state index contributed by atoms with van der Waals surface area (Å²) in [4.78, 5) is 0. The quantitative estimate of drug-likeness (QED) is 0.660. The molecule has 0 bridgehead atoms. The maximum Gasteiger partial charge on any atom is 0.0994 e. The van der Waals surface area contributed by atoms with E-state index in [0.29, 0.717) is 0 Å². The molecule has 0 aromatic heterocycles. The third-order valence-electron chi connectivity index (χ3n) is 2.19. The fourth-order valence-electron chi connectivity index (χ4n) is 1.52. The zero-order chi connectivity index (χ0) is 10.4. The Bertz CT molecular complexity index is 358. The van der Waals surface area contributed by atoms with Crippen molar-refractivity contribution in [1.82, 2.24) is 0 Å². The van der Waals surface area contributed by atoms with Crippen LogP contribution in [0.5, 0.6) is 0 Å². The molecule has 1 heteroatoms. The van der Waals surface area contributed by atoms with Gasteiger partial charge in [-0.3, -0.25) is 0 Å². The highest BCUT2D eigenvalue weighted by Gasteiger charge is 2.01. The Balaban J connectivity index is 3.02. The molecule has 0 fully saturated rings. The minimum atomic E-state index is 0.768. The molecule has 0 N–H and O–H groups in total. The van der Waals surface area contributed by atoms with Gasteiger partial charge in [0.15, 0.2) is 0 Å².